The van der Waals surface area contributed by atoms with Crippen LogP contribution in [0.15, 0.2) is 18.2 Å². The minimum absolute atomic E-state index is 0.143. The number of benzene rings is 1. The molecule has 130 valence electrons. The Kier molecular flexibility index (Phi) is 5.99. The SMILES string of the molecule is COCCN(CC(=O)O)C(=O)c1ccc(Cl)c(N2CCNC2=O)c1. The molecule has 0 aromatic heterocycles. The molecule has 1 saturated heterocycles. The normalized spacial score (nSPS) is 13.8. The van der Waals surface area contributed by atoms with Crippen molar-refractivity contribution in [2.75, 3.05) is 44.8 Å². The smallest absolute Gasteiger partial charge is 0.323 e. The summed E-state index contributed by atoms with van der Waals surface area (Å²) in [6.45, 7) is 0.854. The van der Waals surface area contributed by atoms with Crippen molar-refractivity contribution in [1.82, 2.24) is 10.2 Å². The van der Waals surface area contributed by atoms with Gasteiger partial charge in [0.2, 0.25) is 0 Å². The van der Waals surface area contributed by atoms with Gasteiger partial charge in [0.25, 0.3) is 5.91 Å². The first-order valence-electron chi connectivity index (χ1n) is 7.29. The first-order valence-corrected chi connectivity index (χ1v) is 7.66. The molecule has 0 unspecified atom stereocenters. The Hall–Kier alpha value is -2.32. The molecule has 1 aliphatic heterocycles. The van der Waals surface area contributed by atoms with E-state index in [1.807, 2.05) is 0 Å². The molecule has 1 fully saturated rings. The number of nitrogens with zero attached hydrogens (tertiary/aromatic N) is 2. The first-order chi connectivity index (χ1) is 11.4. The molecule has 0 bridgehead atoms. The third-order valence-electron chi connectivity index (χ3n) is 3.52. The minimum Gasteiger partial charge on any atom is -0.480 e. The molecule has 1 heterocycles. The highest BCUT2D eigenvalue weighted by Gasteiger charge is 2.25. The molecule has 0 aliphatic carbocycles. The van der Waals surface area contributed by atoms with Crippen LogP contribution in [-0.4, -0.2) is 67.8 Å². The van der Waals surface area contributed by atoms with Gasteiger partial charge < -0.3 is 20.1 Å². The molecule has 0 radical (unpaired) electrons. The van der Waals surface area contributed by atoms with Crippen LogP contribution in [-0.2, 0) is 9.53 Å². The molecular weight excluding hydrogens is 338 g/mol. The van der Waals surface area contributed by atoms with Crippen LogP contribution < -0.4 is 10.2 Å². The van der Waals surface area contributed by atoms with Crippen molar-refractivity contribution in [1.29, 1.82) is 0 Å². The fraction of sp³-hybridized carbons (Fsp3) is 0.400. The van der Waals surface area contributed by atoms with Gasteiger partial charge in [-0.1, -0.05) is 11.6 Å². The Labute approximate surface area is 143 Å². The van der Waals surface area contributed by atoms with Crippen molar-refractivity contribution in [3.05, 3.63) is 28.8 Å². The van der Waals surface area contributed by atoms with Crippen molar-refractivity contribution >= 4 is 35.2 Å². The lowest BCUT2D eigenvalue weighted by Crippen LogP contribution is -2.38. The largest absolute Gasteiger partial charge is 0.480 e. The number of hydrogen-bond donors (Lipinski definition) is 2. The van der Waals surface area contributed by atoms with E-state index in [0.29, 0.717) is 23.8 Å². The first kappa shape index (κ1) is 18.0. The summed E-state index contributed by atoms with van der Waals surface area (Å²) in [4.78, 5) is 38.0. The third kappa shape index (κ3) is 4.15. The average Bonchev–Trinajstić information content (AvgIpc) is 2.97. The monoisotopic (exact) mass is 355 g/mol. The number of ether oxygens (including phenoxy) is 1. The number of carboxylic acid groups (broad SMARTS) is 1. The lowest BCUT2D eigenvalue weighted by Gasteiger charge is -2.22. The van der Waals surface area contributed by atoms with Crippen LogP contribution in [0.1, 0.15) is 10.4 Å². The number of aliphatic carboxylic acids is 1. The Morgan fingerprint density at radius 3 is 2.79 bits per heavy atom. The van der Waals surface area contributed by atoms with Gasteiger partial charge in [0.05, 0.1) is 17.3 Å². The van der Waals surface area contributed by atoms with Gasteiger partial charge in [-0.25, -0.2) is 4.79 Å². The van der Waals surface area contributed by atoms with Crippen molar-refractivity contribution in [2.45, 2.75) is 0 Å². The van der Waals surface area contributed by atoms with Crippen molar-refractivity contribution in [3.63, 3.8) is 0 Å². The van der Waals surface area contributed by atoms with Crippen LogP contribution >= 0.6 is 11.6 Å². The quantitative estimate of drug-likeness (QED) is 0.761. The van der Waals surface area contributed by atoms with E-state index in [1.54, 1.807) is 0 Å². The molecule has 2 rings (SSSR count). The maximum atomic E-state index is 12.6. The van der Waals surface area contributed by atoms with E-state index in [9.17, 15) is 14.4 Å². The molecule has 1 aliphatic rings. The topological polar surface area (TPSA) is 99.2 Å². The predicted molar refractivity (Wildman–Crippen MR) is 87.6 cm³/mol. The Morgan fingerprint density at radius 2 is 2.21 bits per heavy atom. The van der Waals surface area contributed by atoms with Crippen LogP contribution in [0.4, 0.5) is 10.5 Å². The zero-order chi connectivity index (χ0) is 17.7. The third-order valence-corrected chi connectivity index (χ3v) is 3.84. The highest BCUT2D eigenvalue weighted by molar-refractivity contribution is 6.34. The molecule has 0 atom stereocenters. The van der Waals surface area contributed by atoms with E-state index in [2.05, 4.69) is 5.32 Å². The number of carbonyl (C=O) groups excluding carboxylic acids is 2. The second kappa shape index (κ2) is 7.98. The number of nitrogens with one attached hydrogen (secondary N) is 1. The summed E-state index contributed by atoms with van der Waals surface area (Å²) in [6, 6.07) is 4.23. The molecule has 0 saturated carbocycles. The number of rotatable bonds is 7. The minimum atomic E-state index is -1.12. The van der Waals surface area contributed by atoms with E-state index >= 15 is 0 Å². The summed E-state index contributed by atoms with van der Waals surface area (Å²) >= 11 is 6.13. The maximum Gasteiger partial charge on any atom is 0.323 e. The number of halogens is 1. The summed E-state index contributed by atoms with van der Waals surface area (Å²) in [7, 11) is 1.47. The maximum absolute atomic E-state index is 12.6. The van der Waals surface area contributed by atoms with Gasteiger partial charge in [-0.2, -0.15) is 0 Å². The van der Waals surface area contributed by atoms with Gasteiger partial charge >= 0.3 is 12.0 Å². The number of methoxy groups -OCH3 is 1. The second-order valence-corrected chi connectivity index (χ2v) is 5.57. The predicted octanol–water partition coefficient (Wildman–Crippen LogP) is 1.04. The molecule has 1 aromatic rings. The standard InChI is InChI=1S/C15H18ClN3O5/c1-24-7-6-18(9-13(20)21)14(22)10-2-3-11(16)12(8-10)19-5-4-17-15(19)23/h2-3,8H,4-7,9H2,1H3,(H,17,23)(H,20,21). The van der Waals surface area contributed by atoms with E-state index in [-0.39, 0.29) is 24.7 Å². The Morgan fingerprint density at radius 1 is 1.46 bits per heavy atom. The highest BCUT2D eigenvalue weighted by Crippen LogP contribution is 2.28. The van der Waals surface area contributed by atoms with Gasteiger partial charge in [-0.3, -0.25) is 14.5 Å². The highest BCUT2D eigenvalue weighted by atomic mass is 35.5. The number of carboxylic acids is 1. The molecule has 2 N–H and O–H groups in total. The molecule has 1 aromatic carbocycles. The van der Waals surface area contributed by atoms with Gasteiger partial charge in [-0.05, 0) is 18.2 Å². The van der Waals surface area contributed by atoms with Crippen molar-refractivity contribution in [2.24, 2.45) is 0 Å². The fourth-order valence-electron chi connectivity index (χ4n) is 2.35. The van der Waals surface area contributed by atoms with Crippen LogP contribution in [0.5, 0.6) is 0 Å². The van der Waals surface area contributed by atoms with E-state index in [4.69, 9.17) is 21.4 Å². The van der Waals surface area contributed by atoms with Gasteiger partial charge in [-0.15, -0.1) is 0 Å². The number of amides is 3. The lowest BCUT2D eigenvalue weighted by atomic mass is 10.1. The zero-order valence-corrected chi connectivity index (χ0v) is 13.9. The molecule has 24 heavy (non-hydrogen) atoms. The average molecular weight is 356 g/mol. The number of anilines is 1. The summed E-state index contributed by atoms with van der Waals surface area (Å²) in [6.07, 6.45) is 0. The summed E-state index contributed by atoms with van der Waals surface area (Å²) in [5.74, 6) is -1.58. The Bertz CT molecular complexity index is 652. The van der Waals surface area contributed by atoms with Crippen LogP contribution in [0.3, 0.4) is 0 Å². The number of carbonyl (C=O) groups is 3. The summed E-state index contributed by atoms with van der Waals surface area (Å²) in [5.41, 5.74) is 0.672. The van der Waals surface area contributed by atoms with Crippen LogP contribution in [0.25, 0.3) is 0 Å². The molecule has 3 amide bonds. The van der Waals surface area contributed by atoms with E-state index in [1.165, 1.54) is 35.1 Å². The van der Waals surface area contributed by atoms with Crippen molar-refractivity contribution in [3.8, 4) is 0 Å². The molecule has 9 heteroatoms. The fourth-order valence-corrected chi connectivity index (χ4v) is 2.57. The zero-order valence-electron chi connectivity index (χ0n) is 13.1. The molecular formula is C15H18ClN3O5. The number of hydrogen-bond acceptors (Lipinski definition) is 4. The van der Waals surface area contributed by atoms with Crippen LogP contribution in [0.2, 0.25) is 5.02 Å². The van der Waals surface area contributed by atoms with E-state index in [0.717, 1.165) is 0 Å². The number of urea groups is 1. The van der Waals surface area contributed by atoms with Gasteiger partial charge in [0.15, 0.2) is 0 Å². The summed E-state index contributed by atoms with van der Waals surface area (Å²) < 4.78 is 4.91. The van der Waals surface area contributed by atoms with Crippen LogP contribution in [0, 0.1) is 0 Å². The van der Waals surface area contributed by atoms with Gasteiger partial charge in [0, 0.05) is 32.3 Å². The lowest BCUT2D eigenvalue weighted by molar-refractivity contribution is -0.137. The second-order valence-electron chi connectivity index (χ2n) is 5.16. The Balaban J connectivity index is 2.27. The molecule has 0 spiro atoms. The molecule has 8 nitrogen and oxygen atoms in total. The summed E-state index contributed by atoms with van der Waals surface area (Å²) in [5, 5.41) is 12.0. The van der Waals surface area contributed by atoms with E-state index < -0.39 is 18.4 Å². The van der Waals surface area contributed by atoms with Gasteiger partial charge in [0.1, 0.15) is 6.54 Å². The van der Waals surface area contributed by atoms with Crippen molar-refractivity contribution < 1.29 is 24.2 Å².